The highest BCUT2D eigenvalue weighted by atomic mass is 32.1. The zero-order valence-electron chi connectivity index (χ0n) is 27.6. The van der Waals surface area contributed by atoms with Crippen molar-refractivity contribution in [3.63, 3.8) is 0 Å². The van der Waals surface area contributed by atoms with Crippen molar-refractivity contribution in [2.45, 2.75) is 50.7 Å². The number of amides is 1. The van der Waals surface area contributed by atoms with Crippen molar-refractivity contribution >= 4 is 34.0 Å². The normalized spacial score (nSPS) is 14.6. The van der Waals surface area contributed by atoms with Crippen molar-refractivity contribution in [3.8, 4) is 16.9 Å². The van der Waals surface area contributed by atoms with Crippen LogP contribution in [0.3, 0.4) is 0 Å². The molecule has 3 aromatic carbocycles. The SMILES string of the molecule is O=C(Nc1ccccc1-c1ccccc1)OC1CCN(CCCc2ccc(CCCNC[C@H](O)c3ccc(O)c4[nH]c(=O)ccc34)s2)CC1. The van der Waals surface area contributed by atoms with E-state index in [1.807, 2.05) is 65.9 Å². The van der Waals surface area contributed by atoms with Gasteiger partial charge in [0, 0.05) is 46.4 Å². The van der Waals surface area contributed by atoms with Crippen molar-refractivity contribution in [1.82, 2.24) is 15.2 Å². The van der Waals surface area contributed by atoms with E-state index < -0.39 is 12.2 Å². The summed E-state index contributed by atoms with van der Waals surface area (Å²) in [6, 6.07) is 28.5. The molecule has 0 unspecified atom stereocenters. The first-order chi connectivity index (χ1) is 23.9. The molecule has 0 aliphatic carbocycles. The van der Waals surface area contributed by atoms with Crippen molar-refractivity contribution < 1.29 is 19.7 Å². The molecule has 0 bridgehead atoms. The van der Waals surface area contributed by atoms with Crippen LogP contribution in [0, 0.1) is 0 Å². The number of thiophene rings is 1. The number of aryl methyl sites for hydroxylation is 2. The van der Waals surface area contributed by atoms with Gasteiger partial charge >= 0.3 is 6.09 Å². The van der Waals surface area contributed by atoms with Crippen LogP contribution < -0.4 is 16.2 Å². The number of rotatable bonds is 14. The standard InChI is InChI=1S/C39H44N4O5S/c44-35-18-16-32(33-17-19-37(46)42-38(33)35)36(45)26-40-22-6-10-29-14-15-30(49-29)11-7-23-43-24-20-28(21-25-43)48-39(47)41-34-13-5-4-12-31(34)27-8-2-1-3-9-27/h1-5,8-9,12-19,28,36,40,44-45H,6-7,10-11,20-26H2,(H,41,47)(H,42,46)/t36-/m0/s1. The van der Waals surface area contributed by atoms with Gasteiger partial charge in [-0.25, -0.2) is 4.79 Å². The van der Waals surface area contributed by atoms with E-state index in [1.54, 1.807) is 12.1 Å². The summed E-state index contributed by atoms with van der Waals surface area (Å²) in [7, 11) is 0. The van der Waals surface area contributed by atoms with Crippen molar-refractivity contribution in [2.75, 3.05) is 38.0 Å². The number of nitrogens with zero attached hydrogens (tertiary/aromatic N) is 1. The lowest BCUT2D eigenvalue weighted by Gasteiger charge is -2.31. The molecule has 0 radical (unpaired) electrons. The van der Waals surface area contributed by atoms with E-state index in [-0.39, 0.29) is 17.4 Å². The highest BCUT2D eigenvalue weighted by molar-refractivity contribution is 7.11. The average Bonchev–Trinajstić information content (AvgIpc) is 3.57. The summed E-state index contributed by atoms with van der Waals surface area (Å²) in [6.45, 7) is 4.06. The number of carbonyl (C=O) groups is 1. The van der Waals surface area contributed by atoms with Crippen LogP contribution in [-0.2, 0) is 17.6 Å². The van der Waals surface area contributed by atoms with E-state index in [9.17, 15) is 19.8 Å². The molecule has 1 amide bonds. The molecule has 5 N–H and O–H groups in total. The van der Waals surface area contributed by atoms with Crippen LogP contribution in [0.5, 0.6) is 5.75 Å². The highest BCUT2D eigenvalue weighted by Gasteiger charge is 2.23. The van der Waals surface area contributed by atoms with E-state index in [2.05, 4.69) is 32.7 Å². The quantitative estimate of drug-likeness (QED) is 0.0811. The first-order valence-electron chi connectivity index (χ1n) is 17.1. The summed E-state index contributed by atoms with van der Waals surface area (Å²) in [6.07, 6.45) is 4.56. The summed E-state index contributed by atoms with van der Waals surface area (Å²) in [5.74, 6) is -0.0117. The predicted molar refractivity (Wildman–Crippen MR) is 196 cm³/mol. The number of piperidine rings is 1. The maximum atomic E-state index is 12.7. The van der Waals surface area contributed by atoms with Gasteiger partial charge in [-0.1, -0.05) is 54.6 Å². The zero-order valence-corrected chi connectivity index (χ0v) is 28.4. The molecule has 9 nitrogen and oxygen atoms in total. The number of pyridine rings is 1. The summed E-state index contributed by atoms with van der Waals surface area (Å²) >= 11 is 1.88. The summed E-state index contributed by atoms with van der Waals surface area (Å²) in [5.41, 5.74) is 3.49. The van der Waals surface area contributed by atoms with Crippen molar-refractivity contribution in [2.24, 2.45) is 0 Å². The Morgan fingerprint density at radius 3 is 2.45 bits per heavy atom. The number of likely N-dealkylation sites (tertiary alicyclic amines) is 1. The zero-order chi connectivity index (χ0) is 34.0. The van der Waals surface area contributed by atoms with Crippen LogP contribution >= 0.6 is 11.3 Å². The van der Waals surface area contributed by atoms with Crippen molar-refractivity contribution in [1.29, 1.82) is 0 Å². The van der Waals surface area contributed by atoms with Gasteiger partial charge in [-0.2, -0.15) is 0 Å². The number of aromatic nitrogens is 1. The monoisotopic (exact) mass is 680 g/mol. The number of fused-ring (bicyclic) bond motifs is 1. The fourth-order valence-corrected chi connectivity index (χ4v) is 7.56. The summed E-state index contributed by atoms with van der Waals surface area (Å²) < 4.78 is 5.80. The lowest BCUT2D eigenvalue weighted by molar-refractivity contribution is 0.0587. The fourth-order valence-electron chi connectivity index (χ4n) is 6.46. The molecular formula is C39H44N4O5S. The topological polar surface area (TPSA) is 127 Å². The molecule has 49 heavy (non-hydrogen) atoms. The molecule has 1 aliphatic rings. The second-order valence-corrected chi connectivity index (χ2v) is 13.8. The van der Waals surface area contributed by atoms with Crippen LogP contribution in [0.25, 0.3) is 22.0 Å². The number of para-hydroxylation sites is 1. The molecule has 5 aromatic rings. The van der Waals surface area contributed by atoms with E-state index >= 15 is 0 Å². The number of aliphatic hydroxyl groups is 1. The predicted octanol–water partition coefficient (Wildman–Crippen LogP) is 6.86. The van der Waals surface area contributed by atoms with Crippen LogP contribution in [0.2, 0.25) is 0 Å². The Hall–Kier alpha value is -4.48. The van der Waals surface area contributed by atoms with Gasteiger partial charge in [0.05, 0.1) is 17.3 Å². The molecule has 0 saturated carbocycles. The number of hydrogen-bond donors (Lipinski definition) is 5. The average molecular weight is 681 g/mol. The van der Waals surface area contributed by atoms with Crippen molar-refractivity contribution in [3.05, 3.63) is 117 Å². The molecule has 2 aromatic heterocycles. The number of ether oxygens (including phenoxy) is 1. The van der Waals surface area contributed by atoms with E-state index in [0.29, 0.717) is 23.0 Å². The van der Waals surface area contributed by atoms with Crippen LogP contribution in [-0.4, -0.2) is 65.0 Å². The minimum absolute atomic E-state index is 0.0117. The fraction of sp³-hybridized carbons (Fsp3) is 0.333. The van der Waals surface area contributed by atoms with Gasteiger partial charge in [0.2, 0.25) is 5.56 Å². The number of nitrogens with one attached hydrogen (secondary N) is 3. The number of phenolic OH excluding ortho intramolecular Hbond substituents is 1. The molecule has 0 spiro atoms. The Morgan fingerprint density at radius 2 is 1.65 bits per heavy atom. The van der Waals surface area contributed by atoms with E-state index in [0.717, 1.165) is 81.5 Å². The highest BCUT2D eigenvalue weighted by Crippen LogP contribution is 2.29. The third-order valence-electron chi connectivity index (χ3n) is 9.05. The lowest BCUT2D eigenvalue weighted by atomic mass is 10.0. The van der Waals surface area contributed by atoms with Gasteiger partial charge < -0.3 is 30.2 Å². The second-order valence-electron chi connectivity index (χ2n) is 12.6. The number of carbonyl (C=O) groups excluding carboxylic acids is 1. The van der Waals surface area contributed by atoms with Gasteiger partial charge in [0.25, 0.3) is 0 Å². The molecule has 1 saturated heterocycles. The van der Waals surface area contributed by atoms with Crippen LogP contribution in [0.4, 0.5) is 10.5 Å². The third kappa shape index (κ3) is 9.36. The first kappa shape index (κ1) is 34.4. The number of aromatic hydroxyl groups is 1. The lowest BCUT2D eigenvalue weighted by Crippen LogP contribution is -2.39. The minimum atomic E-state index is -0.756. The Kier molecular flexibility index (Phi) is 11.8. The number of aromatic amines is 1. The molecule has 256 valence electrons. The molecule has 1 fully saturated rings. The maximum Gasteiger partial charge on any atom is 0.411 e. The molecule has 3 heterocycles. The molecule has 6 rings (SSSR count). The van der Waals surface area contributed by atoms with E-state index in [1.165, 1.54) is 21.9 Å². The Bertz CT molecular complexity index is 1880. The van der Waals surface area contributed by atoms with E-state index in [4.69, 9.17) is 4.74 Å². The minimum Gasteiger partial charge on any atom is -0.506 e. The van der Waals surface area contributed by atoms with Crippen LogP contribution in [0.1, 0.15) is 47.1 Å². The van der Waals surface area contributed by atoms with Gasteiger partial charge in [0.1, 0.15) is 11.9 Å². The Balaban J connectivity index is 0.850. The number of benzene rings is 3. The molecule has 1 aliphatic heterocycles. The maximum absolute atomic E-state index is 12.7. The number of H-pyrrole nitrogens is 1. The number of hydrogen-bond acceptors (Lipinski definition) is 8. The number of anilines is 1. The van der Waals surface area contributed by atoms with Gasteiger partial charge in [-0.05, 0) is 93.1 Å². The summed E-state index contributed by atoms with van der Waals surface area (Å²) in [4.78, 5) is 32.3. The summed E-state index contributed by atoms with van der Waals surface area (Å²) in [5, 5.41) is 27.8. The largest absolute Gasteiger partial charge is 0.506 e. The second kappa shape index (κ2) is 16.8. The smallest absolute Gasteiger partial charge is 0.411 e. The number of aliphatic hydroxyl groups excluding tert-OH is 1. The van der Waals surface area contributed by atoms with Gasteiger partial charge in [-0.15, -0.1) is 11.3 Å². The van der Waals surface area contributed by atoms with Gasteiger partial charge in [-0.3, -0.25) is 10.1 Å². The first-order valence-corrected chi connectivity index (χ1v) is 17.9. The Morgan fingerprint density at radius 1 is 0.918 bits per heavy atom. The number of phenols is 1. The van der Waals surface area contributed by atoms with Crippen LogP contribution in [0.15, 0.2) is 95.8 Å². The molecular weight excluding hydrogens is 637 g/mol. The molecule has 10 heteroatoms. The Labute approximate surface area is 290 Å². The van der Waals surface area contributed by atoms with Gasteiger partial charge in [0.15, 0.2) is 0 Å². The molecule has 1 atom stereocenters. The third-order valence-corrected chi connectivity index (χ3v) is 10.3.